The van der Waals surface area contributed by atoms with E-state index in [9.17, 15) is 4.79 Å². The van der Waals surface area contributed by atoms with Crippen LogP contribution in [0.15, 0.2) is 12.7 Å². The van der Waals surface area contributed by atoms with Crippen molar-refractivity contribution in [2.24, 2.45) is 0 Å². The fourth-order valence-electron chi connectivity index (χ4n) is 0.605. The molecule has 0 amide bonds. The summed E-state index contributed by atoms with van der Waals surface area (Å²) in [6.07, 6.45) is 3.48. The molecule has 0 unspecified atom stereocenters. The molecule has 3 nitrogen and oxygen atoms in total. The highest BCUT2D eigenvalue weighted by atomic mass is 16.5. The Kier molecular flexibility index (Phi) is 6.02. The van der Waals surface area contributed by atoms with Crippen LogP contribution in [0.2, 0.25) is 0 Å². The molecule has 0 aliphatic heterocycles. The van der Waals surface area contributed by atoms with Crippen LogP contribution in [0.4, 0.5) is 0 Å². The van der Waals surface area contributed by atoms with Gasteiger partial charge in [0.2, 0.25) is 0 Å². The number of carbonyl (C=O) groups excluding carboxylic acids is 1. The zero-order valence-electron chi connectivity index (χ0n) is 5.97. The molecule has 3 heteroatoms. The highest BCUT2D eigenvalue weighted by Gasteiger charge is 1.93. The fraction of sp³-hybridized carbons (Fsp3) is 0.571. The van der Waals surface area contributed by atoms with Crippen LogP contribution in [0.3, 0.4) is 0 Å². The van der Waals surface area contributed by atoms with Crippen LogP contribution < -0.4 is 5.48 Å². The topological polar surface area (TPSA) is 49.3 Å². The van der Waals surface area contributed by atoms with Gasteiger partial charge in [-0.2, -0.15) is 0 Å². The van der Waals surface area contributed by atoms with Gasteiger partial charge in [-0.1, -0.05) is 6.58 Å². The molecule has 0 aromatic carbocycles. The van der Waals surface area contributed by atoms with Gasteiger partial charge < -0.3 is 5.21 Å². The second-order valence-corrected chi connectivity index (χ2v) is 2.04. The van der Waals surface area contributed by atoms with Crippen molar-refractivity contribution >= 4 is 5.78 Å². The summed E-state index contributed by atoms with van der Waals surface area (Å²) >= 11 is 0. The van der Waals surface area contributed by atoms with Crippen molar-refractivity contribution in [1.82, 2.24) is 5.48 Å². The lowest BCUT2D eigenvalue weighted by molar-refractivity contribution is -0.114. The first-order valence-corrected chi connectivity index (χ1v) is 3.33. The lowest BCUT2D eigenvalue weighted by Gasteiger charge is -1.95. The number of hydrogen-bond donors (Lipinski definition) is 2. The maximum Gasteiger partial charge on any atom is 0.155 e. The molecule has 0 aromatic rings. The molecule has 0 saturated carbocycles. The Bertz CT molecular complexity index is 112. The Labute approximate surface area is 60.7 Å². The molecule has 0 aliphatic carbocycles. The lowest BCUT2D eigenvalue weighted by atomic mass is 10.2. The van der Waals surface area contributed by atoms with Gasteiger partial charge in [-0.05, 0) is 18.9 Å². The number of hydrogen-bond acceptors (Lipinski definition) is 3. The van der Waals surface area contributed by atoms with E-state index in [4.69, 9.17) is 5.21 Å². The van der Waals surface area contributed by atoms with Crippen LogP contribution in [0.1, 0.15) is 19.3 Å². The molecule has 0 bridgehead atoms. The van der Waals surface area contributed by atoms with E-state index in [1.807, 2.05) is 5.48 Å². The zero-order chi connectivity index (χ0) is 7.82. The molecule has 0 aliphatic rings. The molecule has 0 fully saturated rings. The predicted octanol–water partition coefficient (Wildman–Crippen LogP) is 0.891. The molecule has 0 rings (SSSR count). The monoisotopic (exact) mass is 143 g/mol. The molecule has 10 heavy (non-hydrogen) atoms. The first-order chi connectivity index (χ1) is 4.81. The SMILES string of the molecule is C=CC(=O)CCCCNO. The summed E-state index contributed by atoms with van der Waals surface area (Å²) in [6.45, 7) is 3.89. The van der Waals surface area contributed by atoms with Gasteiger partial charge in [-0.15, -0.1) is 0 Å². The van der Waals surface area contributed by atoms with Crippen molar-refractivity contribution in [2.45, 2.75) is 19.3 Å². The van der Waals surface area contributed by atoms with E-state index in [0.717, 1.165) is 12.8 Å². The van der Waals surface area contributed by atoms with E-state index in [2.05, 4.69) is 6.58 Å². The number of unbranched alkanes of at least 4 members (excludes halogenated alkanes) is 1. The second-order valence-electron chi connectivity index (χ2n) is 2.04. The van der Waals surface area contributed by atoms with E-state index in [1.54, 1.807) is 0 Å². The van der Waals surface area contributed by atoms with Crippen molar-refractivity contribution in [3.8, 4) is 0 Å². The maximum absolute atomic E-state index is 10.6. The smallest absolute Gasteiger partial charge is 0.155 e. The van der Waals surface area contributed by atoms with E-state index in [0.29, 0.717) is 13.0 Å². The Morgan fingerprint density at radius 2 is 2.30 bits per heavy atom. The van der Waals surface area contributed by atoms with E-state index in [-0.39, 0.29) is 5.78 Å². The van der Waals surface area contributed by atoms with Crippen molar-refractivity contribution in [2.75, 3.05) is 6.54 Å². The van der Waals surface area contributed by atoms with E-state index in [1.165, 1.54) is 6.08 Å². The fourth-order valence-corrected chi connectivity index (χ4v) is 0.605. The van der Waals surface area contributed by atoms with Crippen LogP contribution in [0.5, 0.6) is 0 Å². The highest BCUT2D eigenvalue weighted by molar-refractivity contribution is 5.88. The van der Waals surface area contributed by atoms with Gasteiger partial charge in [0.1, 0.15) is 0 Å². The Morgan fingerprint density at radius 1 is 1.60 bits per heavy atom. The Morgan fingerprint density at radius 3 is 2.80 bits per heavy atom. The minimum Gasteiger partial charge on any atom is -0.317 e. The molecule has 0 heterocycles. The summed E-state index contributed by atoms with van der Waals surface area (Å²) < 4.78 is 0. The first kappa shape index (κ1) is 9.33. The number of allylic oxidation sites excluding steroid dienone is 1. The Hall–Kier alpha value is -0.670. The second kappa shape index (κ2) is 6.45. The number of carbonyl (C=O) groups is 1. The molecule has 0 saturated heterocycles. The minimum absolute atomic E-state index is 0.0675. The molecule has 0 radical (unpaired) electrons. The summed E-state index contributed by atoms with van der Waals surface area (Å²) in [4.78, 5) is 10.6. The van der Waals surface area contributed by atoms with Crippen LogP contribution >= 0.6 is 0 Å². The summed E-state index contributed by atoms with van der Waals surface area (Å²) in [7, 11) is 0. The molecule has 0 spiro atoms. The van der Waals surface area contributed by atoms with Crippen LogP contribution in [0.25, 0.3) is 0 Å². The van der Waals surface area contributed by atoms with Crippen molar-refractivity contribution < 1.29 is 10.0 Å². The Balaban J connectivity index is 3.03. The number of rotatable bonds is 6. The van der Waals surface area contributed by atoms with E-state index < -0.39 is 0 Å². The quantitative estimate of drug-likeness (QED) is 0.330. The van der Waals surface area contributed by atoms with Crippen LogP contribution in [0, 0.1) is 0 Å². The first-order valence-electron chi connectivity index (χ1n) is 3.33. The predicted molar refractivity (Wildman–Crippen MR) is 38.8 cm³/mol. The number of hydroxylamine groups is 1. The van der Waals surface area contributed by atoms with Crippen molar-refractivity contribution in [1.29, 1.82) is 0 Å². The van der Waals surface area contributed by atoms with Gasteiger partial charge in [0.25, 0.3) is 0 Å². The van der Waals surface area contributed by atoms with Gasteiger partial charge >= 0.3 is 0 Å². The van der Waals surface area contributed by atoms with Gasteiger partial charge in [0.15, 0.2) is 5.78 Å². The van der Waals surface area contributed by atoms with Crippen LogP contribution in [-0.4, -0.2) is 17.5 Å². The summed E-state index contributed by atoms with van der Waals surface area (Å²) in [5.41, 5.74) is 2.02. The maximum atomic E-state index is 10.6. The van der Waals surface area contributed by atoms with Gasteiger partial charge in [0, 0.05) is 13.0 Å². The zero-order valence-corrected chi connectivity index (χ0v) is 5.97. The van der Waals surface area contributed by atoms with Gasteiger partial charge in [-0.25, -0.2) is 5.48 Å². The average molecular weight is 143 g/mol. The van der Waals surface area contributed by atoms with E-state index >= 15 is 0 Å². The van der Waals surface area contributed by atoms with Crippen molar-refractivity contribution in [3.63, 3.8) is 0 Å². The van der Waals surface area contributed by atoms with Gasteiger partial charge in [-0.3, -0.25) is 4.79 Å². The molecular formula is C7H13NO2. The third-order valence-electron chi connectivity index (χ3n) is 1.19. The molecule has 2 N–H and O–H groups in total. The minimum atomic E-state index is 0.0675. The summed E-state index contributed by atoms with van der Waals surface area (Å²) in [5, 5.41) is 8.13. The normalized spacial score (nSPS) is 9.30. The average Bonchev–Trinajstić information content (AvgIpc) is 1.98. The molecule has 58 valence electrons. The molecule has 0 aromatic heterocycles. The van der Waals surface area contributed by atoms with Crippen LogP contribution in [-0.2, 0) is 4.79 Å². The van der Waals surface area contributed by atoms with Gasteiger partial charge in [0.05, 0.1) is 0 Å². The standard InChI is InChI=1S/C7H13NO2/c1-2-7(9)5-3-4-6-8-10/h2,8,10H,1,3-6H2. The number of ketones is 1. The highest BCUT2D eigenvalue weighted by Crippen LogP contribution is 1.94. The number of nitrogens with one attached hydrogen (secondary N) is 1. The largest absolute Gasteiger partial charge is 0.317 e. The molecular weight excluding hydrogens is 130 g/mol. The third kappa shape index (κ3) is 5.47. The lowest BCUT2D eigenvalue weighted by Crippen LogP contribution is -2.08. The molecule has 0 atom stereocenters. The van der Waals surface area contributed by atoms with Crippen molar-refractivity contribution in [3.05, 3.63) is 12.7 Å². The third-order valence-corrected chi connectivity index (χ3v) is 1.19. The summed E-state index contributed by atoms with van der Waals surface area (Å²) in [6, 6.07) is 0. The summed E-state index contributed by atoms with van der Waals surface area (Å²) in [5.74, 6) is 0.0675.